The van der Waals surface area contributed by atoms with Gasteiger partial charge in [0, 0.05) is 51.9 Å². The molecule has 182 valence electrons. The largest absolute Gasteiger partial charge is 0.497 e. The zero-order valence-electron chi connectivity index (χ0n) is 19.7. The molecule has 0 saturated carbocycles. The van der Waals surface area contributed by atoms with Gasteiger partial charge in [0.2, 0.25) is 5.78 Å². The van der Waals surface area contributed by atoms with Gasteiger partial charge < -0.3 is 28.3 Å². The summed E-state index contributed by atoms with van der Waals surface area (Å²) < 4.78 is 30.3. The lowest BCUT2D eigenvalue weighted by atomic mass is 10.1. The summed E-state index contributed by atoms with van der Waals surface area (Å²) in [5, 5.41) is 1.56. The van der Waals surface area contributed by atoms with Gasteiger partial charge in [0.15, 0.2) is 12.6 Å². The lowest BCUT2D eigenvalue weighted by Gasteiger charge is -2.21. The number of Topliss-reactive ketones (excluding diaryl/α,β-unsaturated/α-hetero) is 1. The summed E-state index contributed by atoms with van der Waals surface area (Å²) >= 11 is 6.25. The molecule has 0 unspecified atom stereocenters. The third-order valence-electron chi connectivity index (χ3n) is 6.30. The molecule has 2 aliphatic heterocycles. The van der Waals surface area contributed by atoms with Gasteiger partial charge in [-0.2, -0.15) is 0 Å². The molecule has 8 heteroatoms. The first-order valence-electron chi connectivity index (χ1n) is 11.4. The van der Waals surface area contributed by atoms with E-state index in [2.05, 4.69) is 0 Å². The molecule has 0 N–H and O–H groups in total. The van der Waals surface area contributed by atoms with Crippen LogP contribution in [0.3, 0.4) is 0 Å². The second-order valence-electron chi connectivity index (χ2n) is 8.63. The summed E-state index contributed by atoms with van der Waals surface area (Å²) in [6.45, 7) is 0.876. The highest BCUT2D eigenvalue weighted by Crippen LogP contribution is 2.37. The van der Waals surface area contributed by atoms with Crippen LogP contribution in [0.2, 0.25) is 5.02 Å². The smallest absolute Gasteiger partial charge is 0.231 e. The zero-order valence-corrected chi connectivity index (χ0v) is 20.4. The van der Waals surface area contributed by atoms with Crippen LogP contribution in [-0.2, 0) is 25.0 Å². The SMILES string of the molecule is COc1ccc2c(c1)c(/C=C1\Oc3cc(OCc4cc(Cl)cc5c4OCOC5)ccc3C1=O)cn2C. The Kier molecular flexibility index (Phi) is 5.59. The highest BCUT2D eigenvalue weighted by Gasteiger charge is 2.28. The van der Waals surface area contributed by atoms with Crippen molar-refractivity contribution in [2.75, 3.05) is 13.9 Å². The van der Waals surface area contributed by atoms with E-state index in [4.69, 9.17) is 35.3 Å². The van der Waals surface area contributed by atoms with E-state index in [9.17, 15) is 4.79 Å². The summed E-state index contributed by atoms with van der Waals surface area (Å²) in [6, 6.07) is 14.7. The fourth-order valence-electron chi connectivity index (χ4n) is 4.57. The van der Waals surface area contributed by atoms with Crippen LogP contribution in [-0.4, -0.2) is 24.3 Å². The maximum absolute atomic E-state index is 13.0. The van der Waals surface area contributed by atoms with Crippen molar-refractivity contribution >= 4 is 34.4 Å². The van der Waals surface area contributed by atoms with E-state index in [0.717, 1.165) is 39.1 Å². The highest BCUT2D eigenvalue weighted by molar-refractivity contribution is 6.30. The molecule has 2 aliphatic rings. The minimum atomic E-state index is -0.172. The van der Waals surface area contributed by atoms with E-state index in [-0.39, 0.29) is 24.9 Å². The molecule has 0 saturated heterocycles. The van der Waals surface area contributed by atoms with Crippen molar-refractivity contribution < 1.29 is 28.5 Å². The number of rotatable bonds is 5. The molecule has 0 aliphatic carbocycles. The lowest BCUT2D eigenvalue weighted by molar-refractivity contribution is -0.0175. The molecule has 0 amide bonds. The third-order valence-corrected chi connectivity index (χ3v) is 6.52. The highest BCUT2D eigenvalue weighted by atomic mass is 35.5. The number of aryl methyl sites for hydroxylation is 1. The molecule has 0 radical (unpaired) electrons. The first kappa shape index (κ1) is 22.5. The molecular formula is C28H22ClNO6. The molecule has 7 nitrogen and oxygen atoms in total. The predicted octanol–water partition coefficient (Wildman–Crippen LogP) is 5.90. The number of aromatic nitrogens is 1. The maximum Gasteiger partial charge on any atom is 0.231 e. The van der Waals surface area contributed by atoms with Gasteiger partial charge in [-0.05, 0) is 48.5 Å². The van der Waals surface area contributed by atoms with Crippen LogP contribution in [0, 0.1) is 0 Å². The third kappa shape index (κ3) is 3.96. The molecule has 1 aromatic heterocycles. The number of nitrogens with zero attached hydrogens (tertiary/aromatic N) is 1. The monoisotopic (exact) mass is 503 g/mol. The number of fused-ring (bicyclic) bond motifs is 3. The number of ether oxygens (including phenoxy) is 5. The van der Waals surface area contributed by atoms with Crippen LogP contribution < -0.4 is 18.9 Å². The number of benzene rings is 3. The van der Waals surface area contributed by atoms with Gasteiger partial charge in [0.25, 0.3) is 0 Å². The minimum absolute atomic E-state index is 0.172. The molecule has 0 fully saturated rings. The number of hydrogen-bond donors (Lipinski definition) is 0. The number of halogens is 1. The van der Waals surface area contributed by atoms with E-state index >= 15 is 0 Å². The number of carbonyl (C=O) groups is 1. The van der Waals surface area contributed by atoms with Crippen LogP contribution in [0.4, 0.5) is 0 Å². The quantitative estimate of drug-likeness (QED) is 0.316. The van der Waals surface area contributed by atoms with Crippen LogP contribution in [0.25, 0.3) is 17.0 Å². The summed E-state index contributed by atoms with van der Waals surface area (Å²) in [7, 11) is 3.59. The second kappa shape index (κ2) is 8.93. The number of allylic oxidation sites excluding steroid dienone is 1. The first-order chi connectivity index (χ1) is 17.5. The van der Waals surface area contributed by atoms with Crippen molar-refractivity contribution in [1.29, 1.82) is 0 Å². The van der Waals surface area contributed by atoms with E-state index in [1.165, 1.54) is 0 Å². The molecule has 0 atom stereocenters. The number of ketones is 1. The first-order valence-corrected chi connectivity index (χ1v) is 11.7. The lowest BCUT2D eigenvalue weighted by Crippen LogP contribution is -2.14. The van der Waals surface area contributed by atoms with E-state index < -0.39 is 0 Å². The van der Waals surface area contributed by atoms with Crippen molar-refractivity contribution in [3.05, 3.63) is 87.8 Å². The van der Waals surface area contributed by atoms with Crippen LogP contribution >= 0.6 is 11.6 Å². The van der Waals surface area contributed by atoms with E-state index in [0.29, 0.717) is 28.7 Å². The molecule has 4 aromatic rings. The van der Waals surface area contributed by atoms with Gasteiger partial charge in [-0.3, -0.25) is 4.79 Å². The van der Waals surface area contributed by atoms with E-state index in [1.807, 2.05) is 48.1 Å². The zero-order chi connectivity index (χ0) is 24.8. The predicted molar refractivity (Wildman–Crippen MR) is 135 cm³/mol. The standard InChI is InChI=1S/C28H22ClNO6/c1-30-12-16(23-10-20(32-2)4-6-24(23)30)9-26-27(31)22-5-3-21(11-25(22)36-26)34-14-18-8-19(29)7-17-13-33-15-35-28(17)18/h3-12H,13-15H2,1-2H3/b26-9-. The topological polar surface area (TPSA) is 68.2 Å². The average molecular weight is 504 g/mol. The summed E-state index contributed by atoms with van der Waals surface area (Å²) in [4.78, 5) is 13.0. The van der Waals surface area contributed by atoms with Crippen LogP contribution in [0.5, 0.6) is 23.0 Å². The van der Waals surface area contributed by atoms with Crippen LogP contribution in [0.1, 0.15) is 27.0 Å². The Hall–Kier alpha value is -3.94. The van der Waals surface area contributed by atoms with Crippen molar-refractivity contribution in [3.8, 4) is 23.0 Å². The second-order valence-corrected chi connectivity index (χ2v) is 9.07. The van der Waals surface area contributed by atoms with Gasteiger partial charge in [-0.1, -0.05) is 11.6 Å². The van der Waals surface area contributed by atoms with Crippen molar-refractivity contribution in [3.63, 3.8) is 0 Å². The summed E-state index contributed by atoms with van der Waals surface area (Å²) in [6.07, 6.45) is 3.73. The van der Waals surface area contributed by atoms with Gasteiger partial charge >= 0.3 is 0 Å². The molecule has 0 spiro atoms. The van der Waals surface area contributed by atoms with Gasteiger partial charge in [-0.25, -0.2) is 0 Å². The van der Waals surface area contributed by atoms with Gasteiger partial charge in [-0.15, -0.1) is 0 Å². The Morgan fingerprint density at radius 3 is 2.83 bits per heavy atom. The van der Waals surface area contributed by atoms with Gasteiger partial charge in [0.05, 0.1) is 19.3 Å². The molecule has 6 rings (SSSR count). The molecular weight excluding hydrogens is 482 g/mol. The van der Waals surface area contributed by atoms with Gasteiger partial charge in [0.1, 0.15) is 29.6 Å². The molecule has 0 bridgehead atoms. The normalized spacial score (nSPS) is 15.4. The fraction of sp³-hybridized carbons (Fsp3) is 0.179. The number of methoxy groups -OCH3 is 1. The summed E-state index contributed by atoms with van der Waals surface area (Å²) in [5.41, 5.74) is 4.10. The van der Waals surface area contributed by atoms with Crippen LogP contribution in [0.15, 0.2) is 60.5 Å². The minimum Gasteiger partial charge on any atom is -0.497 e. The number of carbonyl (C=O) groups excluding carboxylic acids is 1. The molecule has 3 heterocycles. The van der Waals surface area contributed by atoms with Crippen molar-refractivity contribution in [2.24, 2.45) is 7.05 Å². The Balaban J connectivity index is 1.25. The van der Waals surface area contributed by atoms with Crippen molar-refractivity contribution in [2.45, 2.75) is 13.2 Å². The Bertz CT molecular complexity index is 1550. The molecule has 3 aromatic carbocycles. The Labute approximate surface area is 212 Å². The average Bonchev–Trinajstić information content (AvgIpc) is 3.37. The number of hydrogen-bond acceptors (Lipinski definition) is 6. The summed E-state index contributed by atoms with van der Waals surface area (Å²) in [5.74, 6) is 2.59. The Morgan fingerprint density at radius 1 is 1.11 bits per heavy atom. The fourth-order valence-corrected chi connectivity index (χ4v) is 4.83. The molecule has 36 heavy (non-hydrogen) atoms. The Morgan fingerprint density at radius 2 is 1.97 bits per heavy atom. The van der Waals surface area contributed by atoms with Crippen molar-refractivity contribution in [1.82, 2.24) is 4.57 Å². The van der Waals surface area contributed by atoms with E-state index in [1.54, 1.807) is 31.4 Å². The maximum atomic E-state index is 13.0.